The van der Waals surface area contributed by atoms with Crippen LogP contribution in [0.15, 0.2) is 84.2 Å². The van der Waals surface area contributed by atoms with Crippen molar-refractivity contribution in [2.75, 3.05) is 6.61 Å². The van der Waals surface area contributed by atoms with Gasteiger partial charge in [-0.25, -0.2) is 0 Å². The molecule has 0 heterocycles. The van der Waals surface area contributed by atoms with Gasteiger partial charge in [0.2, 0.25) is 0 Å². The van der Waals surface area contributed by atoms with E-state index in [1.807, 2.05) is 78.9 Å². The van der Waals surface area contributed by atoms with E-state index >= 15 is 0 Å². The smallest absolute Gasteiger partial charge is 0.167 e. The van der Waals surface area contributed by atoms with Gasteiger partial charge in [-0.2, -0.15) is 0 Å². The SMILES string of the molecule is O=P(C1=CC=CC1CO)(c1ccccc1)c1ccccc1. The molecular formula is C18H17O2P. The van der Waals surface area contributed by atoms with Crippen molar-refractivity contribution in [1.29, 1.82) is 0 Å². The molecule has 0 spiro atoms. The van der Waals surface area contributed by atoms with Crippen molar-refractivity contribution >= 4 is 17.8 Å². The molecule has 2 aromatic rings. The van der Waals surface area contributed by atoms with Gasteiger partial charge in [-0.05, 0) is 0 Å². The van der Waals surface area contributed by atoms with Gasteiger partial charge in [-0.1, -0.05) is 78.9 Å². The van der Waals surface area contributed by atoms with E-state index < -0.39 is 7.14 Å². The highest BCUT2D eigenvalue weighted by Crippen LogP contribution is 2.56. The van der Waals surface area contributed by atoms with Gasteiger partial charge in [0.05, 0.1) is 6.61 Å². The van der Waals surface area contributed by atoms with Gasteiger partial charge in [0, 0.05) is 21.8 Å². The number of hydrogen-bond acceptors (Lipinski definition) is 2. The lowest BCUT2D eigenvalue weighted by Gasteiger charge is -2.24. The third-order valence-electron chi connectivity index (χ3n) is 3.79. The molecule has 0 saturated carbocycles. The summed E-state index contributed by atoms with van der Waals surface area (Å²) in [7, 11) is -2.91. The molecule has 1 atom stereocenters. The van der Waals surface area contributed by atoms with E-state index in [2.05, 4.69) is 0 Å². The van der Waals surface area contributed by atoms with Crippen LogP contribution in [0.1, 0.15) is 0 Å². The predicted molar refractivity (Wildman–Crippen MR) is 87.6 cm³/mol. The second kappa shape index (κ2) is 5.85. The lowest BCUT2D eigenvalue weighted by atomic mass is 10.2. The summed E-state index contributed by atoms with van der Waals surface area (Å²) in [5.74, 6) is -0.170. The summed E-state index contributed by atoms with van der Waals surface area (Å²) in [6, 6.07) is 19.1. The van der Waals surface area contributed by atoms with Gasteiger partial charge < -0.3 is 9.67 Å². The number of allylic oxidation sites excluding steroid dienone is 2. The van der Waals surface area contributed by atoms with Gasteiger partial charge in [-0.15, -0.1) is 0 Å². The largest absolute Gasteiger partial charge is 0.395 e. The Bertz CT molecular complexity index is 674. The molecule has 0 amide bonds. The van der Waals surface area contributed by atoms with Crippen LogP contribution in [-0.4, -0.2) is 11.7 Å². The fourth-order valence-electron chi connectivity index (χ4n) is 2.73. The van der Waals surface area contributed by atoms with Crippen LogP contribution in [0.4, 0.5) is 0 Å². The molecule has 0 aromatic heterocycles. The number of aliphatic hydroxyl groups is 1. The van der Waals surface area contributed by atoms with E-state index in [0.29, 0.717) is 0 Å². The number of benzene rings is 2. The van der Waals surface area contributed by atoms with Gasteiger partial charge >= 0.3 is 0 Å². The Morgan fingerprint density at radius 2 is 1.43 bits per heavy atom. The molecule has 1 aliphatic carbocycles. The first-order valence-electron chi connectivity index (χ1n) is 6.98. The summed E-state index contributed by atoms with van der Waals surface area (Å²) in [6.45, 7) is -0.0218. The molecule has 21 heavy (non-hydrogen) atoms. The molecule has 0 radical (unpaired) electrons. The predicted octanol–water partition coefficient (Wildman–Crippen LogP) is 3.06. The number of hydrogen-bond donors (Lipinski definition) is 1. The summed E-state index contributed by atoms with van der Waals surface area (Å²) in [5, 5.41) is 12.0. The van der Waals surface area contributed by atoms with Gasteiger partial charge in [0.15, 0.2) is 7.14 Å². The lowest BCUT2D eigenvalue weighted by molar-refractivity contribution is 0.273. The molecule has 0 fully saturated rings. The Labute approximate surface area is 124 Å². The van der Waals surface area contributed by atoms with Crippen molar-refractivity contribution in [3.63, 3.8) is 0 Å². The van der Waals surface area contributed by atoms with Crippen LogP contribution in [0.3, 0.4) is 0 Å². The maximum Gasteiger partial charge on any atom is 0.167 e. The zero-order valence-corrected chi connectivity index (χ0v) is 12.5. The Morgan fingerprint density at radius 1 is 0.905 bits per heavy atom. The average molecular weight is 296 g/mol. The molecule has 1 unspecified atom stereocenters. The third-order valence-corrected chi connectivity index (χ3v) is 7.05. The van der Waals surface area contributed by atoms with Crippen LogP contribution in [-0.2, 0) is 4.57 Å². The fourth-order valence-corrected chi connectivity index (χ4v) is 5.74. The topological polar surface area (TPSA) is 37.3 Å². The Kier molecular flexibility index (Phi) is 3.92. The molecular weight excluding hydrogens is 279 g/mol. The Morgan fingerprint density at radius 3 is 1.90 bits per heavy atom. The number of aliphatic hydroxyl groups excluding tert-OH is 1. The Balaban J connectivity index is 2.20. The highest BCUT2D eigenvalue weighted by Gasteiger charge is 2.36. The van der Waals surface area contributed by atoms with Crippen LogP contribution >= 0.6 is 7.14 Å². The van der Waals surface area contributed by atoms with E-state index in [0.717, 1.165) is 15.9 Å². The van der Waals surface area contributed by atoms with Crippen LogP contribution in [0.2, 0.25) is 0 Å². The number of rotatable bonds is 4. The van der Waals surface area contributed by atoms with Crippen LogP contribution < -0.4 is 10.6 Å². The minimum Gasteiger partial charge on any atom is -0.395 e. The first kappa shape index (κ1) is 14.1. The van der Waals surface area contributed by atoms with Crippen molar-refractivity contribution in [2.45, 2.75) is 0 Å². The fraction of sp³-hybridized carbons (Fsp3) is 0.111. The van der Waals surface area contributed by atoms with Gasteiger partial charge in [0.25, 0.3) is 0 Å². The van der Waals surface area contributed by atoms with E-state index in [9.17, 15) is 9.67 Å². The summed E-state index contributed by atoms with van der Waals surface area (Å²) in [6.07, 6.45) is 5.68. The van der Waals surface area contributed by atoms with Crippen molar-refractivity contribution in [3.8, 4) is 0 Å². The quantitative estimate of drug-likeness (QED) is 0.880. The minimum atomic E-state index is -2.91. The molecule has 2 aromatic carbocycles. The highest BCUT2D eigenvalue weighted by molar-refractivity contribution is 7.82. The minimum absolute atomic E-state index is 0.0218. The summed E-state index contributed by atoms with van der Waals surface area (Å²) in [4.78, 5) is 0. The zero-order valence-electron chi connectivity index (χ0n) is 11.6. The van der Waals surface area contributed by atoms with Crippen molar-refractivity contribution in [1.82, 2.24) is 0 Å². The molecule has 1 aliphatic rings. The standard InChI is InChI=1S/C18H17O2P/c19-14-15-8-7-13-18(15)21(20,16-9-3-1-4-10-16)17-11-5-2-6-12-17/h1-13,15,19H,14H2. The van der Waals surface area contributed by atoms with E-state index in [1.165, 1.54) is 0 Å². The second-order valence-electron chi connectivity index (χ2n) is 5.05. The van der Waals surface area contributed by atoms with E-state index in [4.69, 9.17) is 0 Å². The summed E-state index contributed by atoms with van der Waals surface area (Å²) < 4.78 is 14.0. The van der Waals surface area contributed by atoms with Crippen molar-refractivity contribution in [3.05, 3.63) is 84.2 Å². The zero-order chi connectivity index (χ0) is 14.7. The molecule has 2 nitrogen and oxygen atoms in total. The maximum absolute atomic E-state index is 14.0. The van der Waals surface area contributed by atoms with E-state index in [-0.39, 0.29) is 12.5 Å². The second-order valence-corrected chi connectivity index (χ2v) is 7.81. The summed E-state index contributed by atoms with van der Waals surface area (Å²) >= 11 is 0. The van der Waals surface area contributed by atoms with Crippen LogP contribution in [0.25, 0.3) is 0 Å². The molecule has 1 N–H and O–H groups in total. The lowest BCUT2D eigenvalue weighted by Crippen LogP contribution is -2.20. The van der Waals surface area contributed by atoms with Crippen molar-refractivity contribution < 1.29 is 9.67 Å². The first-order valence-corrected chi connectivity index (χ1v) is 8.68. The molecule has 0 bridgehead atoms. The van der Waals surface area contributed by atoms with E-state index in [1.54, 1.807) is 0 Å². The van der Waals surface area contributed by atoms with Gasteiger partial charge in [0.1, 0.15) is 0 Å². The molecule has 0 aliphatic heterocycles. The van der Waals surface area contributed by atoms with Crippen molar-refractivity contribution in [2.24, 2.45) is 5.92 Å². The van der Waals surface area contributed by atoms with Crippen LogP contribution in [0.5, 0.6) is 0 Å². The van der Waals surface area contributed by atoms with Crippen LogP contribution in [0, 0.1) is 5.92 Å². The first-order chi connectivity index (χ1) is 10.3. The average Bonchev–Trinajstić information content (AvgIpc) is 3.05. The Hall–Kier alpha value is -1.89. The molecule has 0 saturated heterocycles. The van der Waals surface area contributed by atoms with Gasteiger partial charge in [-0.3, -0.25) is 0 Å². The highest BCUT2D eigenvalue weighted by atomic mass is 31.2. The maximum atomic E-state index is 14.0. The monoisotopic (exact) mass is 296 g/mol. The molecule has 3 rings (SSSR count). The normalized spacial score (nSPS) is 17.8. The molecule has 3 heteroatoms. The third kappa shape index (κ3) is 2.42. The summed E-state index contributed by atoms with van der Waals surface area (Å²) in [5.41, 5.74) is 0. The molecule has 106 valence electrons.